The van der Waals surface area contributed by atoms with Gasteiger partial charge in [0.15, 0.2) is 11.5 Å². The molecule has 0 aromatic heterocycles. The van der Waals surface area contributed by atoms with Crippen molar-refractivity contribution < 1.29 is 34.8 Å². The number of allylic oxidation sites excluding steroid dienone is 2. The summed E-state index contributed by atoms with van der Waals surface area (Å²) in [5.74, 6) is -2.55. The van der Waals surface area contributed by atoms with Gasteiger partial charge in [0.1, 0.15) is 11.5 Å². The van der Waals surface area contributed by atoms with Crippen molar-refractivity contribution in [3.63, 3.8) is 0 Å². The van der Waals surface area contributed by atoms with Gasteiger partial charge in [0.05, 0.1) is 29.9 Å². The van der Waals surface area contributed by atoms with Gasteiger partial charge in [-0.15, -0.1) is 0 Å². The van der Waals surface area contributed by atoms with Crippen molar-refractivity contribution in [1.82, 2.24) is 0 Å². The molecule has 1 aromatic rings. The Labute approximate surface area is 131 Å². The Kier molecular flexibility index (Phi) is 3.24. The van der Waals surface area contributed by atoms with Crippen LogP contribution in [0.2, 0.25) is 0 Å². The number of benzene rings is 1. The molecule has 0 saturated carbocycles. The van der Waals surface area contributed by atoms with Crippen molar-refractivity contribution in [3.05, 3.63) is 34.1 Å². The molecule has 122 valence electrons. The molecular formula is C16H16O7. The molecule has 2 atom stereocenters. The molecule has 2 unspecified atom stereocenters. The number of phenols is 2. The third-order valence-electron chi connectivity index (χ3n) is 4.49. The number of hydrogen-bond donors (Lipinski definition) is 4. The summed E-state index contributed by atoms with van der Waals surface area (Å²) in [5, 5.41) is 41.0. The van der Waals surface area contributed by atoms with Crippen molar-refractivity contribution in [2.45, 2.75) is 31.5 Å². The predicted molar refractivity (Wildman–Crippen MR) is 77.6 cm³/mol. The highest BCUT2D eigenvalue weighted by Crippen LogP contribution is 2.45. The number of ether oxygens (including phenoxy) is 1. The van der Waals surface area contributed by atoms with Crippen LogP contribution in [0.4, 0.5) is 0 Å². The number of aromatic hydroxyl groups is 2. The Morgan fingerprint density at radius 1 is 1.17 bits per heavy atom. The normalized spacial score (nSPS) is 26.4. The van der Waals surface area contributed by atoms with Gasteiger partial charge in [-0.25, -0.2) is 0 Å². The molecule has 0 amide bonds. The summed E-state index contributed by atoms with van der Waals surface area (Å²) in [4.78, 5) is 24.5. The smallest absolute Gasteiger partial charge is 0.232 e. The Balaban J connectivity index is 2.30. The number of methoxy groups -OCH3 is 1. The van der Waals surface area contributed by atoms with E-state index in [0.717, 1.165) is 6.08 Å². The minimum Gasteiger partial charge on any atom is -0.507 e. The van der Waals surface area contributed by atoms with Crippen LogP contribution < -0.4 is 0 Å². The summed E-state index contributed by atoms with van der Waals surface area (Å²) in [7, 11) is 1.22. The van der Waals surface area contributed by atoms with Gasteiger partial charge in [0, 0.05) is 30.0 Å². The van der Waals surface area contributed by atoms with E-state index in [1.165, 1.54) is 14.0 Å². The molecule has 0 fully saturated rings. The highest BCUT2D eigenvalue weighted by molar-refractivity contribution is 6.26. The maximum absolute atomic E-state index is 12.3. The van der Waals surface area contributed by atoms with Gasteiger partial charge in [-0.05, 0) is 6.92 Å². The number of hydrogen-bond acceptors (Lipinski definition) is 7. The first-order valence-electron chi connectivity index (χ1n) is 7.03. The number of fused-ring (bicyclic) bond motifs is 2. The fourth-order valence-electron chi connectivity index (χ4n) is 3.12. The van der Waals surface area contributed by atoms with E-state index in [1.807, 2.05) is 0 Å². The van der Waals surface area contributed by atoms with Crippen LogP contribution in [-0.2, 0) is 17.6 Å². The standard InChI is InChI=1S/C16H16O7/c1-16(22)5-7-6(3-10(16)18)13(19)12-11(14(7)20)8(17)4-9(23-2)15(12)21/h4,10,18-20,22H,3,5H2,1-2H3. The summed E-state index contributed by atoms with van der Waals surface area (Å²) in [5.41, 5.74) is -1.84. The highest BCUT2D eigenvalue weighted by atomic mass is 16.5. The van der Waals surface area contributed by atoms with Crippen LogP contribution in [0, 0.1) is 0 Å². The van der Waals surface area contributed by atoms with Crippen LogP contribution in [0.5, 0.6) is 11.5 Å². The molecule has 0 radical (unpaired) electrons. The van der Waals surface area contributed by atoms with Crippen molar-refractivity contribution in [1.29, 1.82) is 0 Å². The van der Waals surface area contributed by atoms with Gasteiger partial charge in [0.2, 0.25) is 5.78 Å². The molecule has 0 aliphatic heterocycles. The van der Waals surface area contributed by atoms with Crippen molar-refractivity contribution in [2.24, 2.45) is 0 Å². The number of rotatable bonds is 1. The summed E-state index contributed by atoms with van der Waals surface area (Å²) in [6.07, 6.45) is -0.530. The number of carbonyl (C=O) groups excluding carboxylic acids is 2. The molecule has 4 N–H and O–H groups in total. The van der Waals surface area contributed by atoms with Gasteiger partial charge in [0.25, 0.3) is 0 Å². The third kappa shape index (κ3) is 2.04. The Hall–Kier alpha value is -2.38. The molecule has 1 aromatic carbocycles. The van der Waals surface area contributed by atoms with Crippen LogP contribution >= 0.6 is 0 Å². The van der Waals surface area contributed by atoms with E-state index in [4.69, 9.17) is 4.74 Å². The molecule has 23 heavy (non-hydrogen) atoms. The number of phenolic OH excluding ortho intramolecular Hbond substituents is 2. The zero-order valence-electron chi connectivity index (χ0n) is 12.6. The van der Waals surface area contributed by atoms with E-state index in [-0.39, 0.29) is 40.9 Å². The Morgan fingerprint density at radius 2 is 1.78 bits per heavy atom. The van der Waals surface area contributed by atoms with Gasteiger partial charge >= 0.3 is 0 Å². The van der Waals surface area contributed by atoms with E-state index >= 15 is 0 Å². The van der Waals surface area contributed by atoms with Crippen molar-refractivity contribution >= 4 is 11.6 Å². The number of aliphatic hydroxyl groups excluding tert-OH is 1. The average Bonchev–Trinajstić information content (AvgIpc) is 2.48. The summed E-state index contributed by atoms with van der Waals surface area (Å²) < 4.78 is 4.83. The van der Waals surface area contributed by atoms with Crippen LogP contribution in [0.15, 0.2) is 11.8 Å². The fourth-order valence-corrected chi connectivity index (χ4v) is 3.12. The first kappa shape index (κ1) is 15.5. The first-order chi connectivity index (χ1) is 10.7. The lowest BCUT2D eigenvalue weighted by atomic mass is 9.75. The highest BCUT2D eigenvalue weighted by Gasteiger charge is 2.43. The fraction of sp³-hybridized carbons (Fsp3) is 0.375. The lowest BCUT2D eigenvalue weighted by molar-refractivity contribution is -0.0668. The number of ketones is 2. The van der Waals surface area contributed by atoms with Gasteiger partial charge < -0.3 is 25.2 Å². The molecule has 0 spiro atoms. The van der Waals surface area contributed by atoms with Gasteiger partial charge in [-0.2, -0.15) is 0 Å². The summed E-state index contributed by atoms with van der Waals surface area (Å²) >= 11 is 0. The van der Waals surface area contributed by atoms with E-state index in [0.29, 0.717) is 0 Å². The zero-order valence-corrected chi connectivity index (χ0v) is 12.6. The molecule has 2 aliphatic carbocycles. The minimum atomic E-state index is -1.51. The molecule has 7 heteroatoms. The average molecular weight is 320 g/mol. The molecule has 2 aliphatic rings. The van der Waals surface area contributed by atoms with Gasteiger partial charge in [-0.1, -0.05) is 0 Å². The number of carbonyl (C=O) groups is 2. The SMILES string of the molecule is COC1=CC(=O)c2c(O)c3c(c(O)c2C1=O)CC(O)C(C)(O)C3. The Morgan fingerprint density at radius 3 is 2.39 bits per heavy atom. The molecule has 0 heterocycles. The maximum Gasteiger partial charge on any atom is 0.232 e. The van der Waals surface area contributed by atoms with Gasteiger partial charge in [-0.3, -0.25) is 9.59 Å². The molecule has 3 rings (SSSR count). The second kappa shape index (κ2) is 4.81. The molecule has 7 nitrogen and oxygen atoms in total. The second-order valence-corrected chi connectivity index (χ2v) is 6.06. The van der Waals surface area contributed by atoms with Crippen molar-refractivity contribution in [2.75, 3.05) is 7.11 Å². The van der Waals surface area contributed by atoms with Crippen molar-refractivity contribution in [3.8, 4) is 11.5 Å². The third-order valence-corrected chi connectivity index (χ3v) is 4.49. The molecular weight excluding hydrogens is 304 g/mol. The first-order valence-corrected chi connectivity index (χ1v) is 7.03. The lowest BCUT2D eigenvalue weighted by Gasteiger charge is -2.36. The molecule has 0 saturated heterocycles. The minimum absolute atomic E-state index is 0.150. The zero-order chi connectivity index (χ0) is 17.1. The predicted octanol–water partition coefficient (Wildman–Crippen LogP) is 0.218. The van der Waals surface area contributed by atoms with Crippen LogP contribution in [0.1, 0.15) is 38.8 Å². The van der Waals surface area contributed by atoms with Crippen LogP contribution in [0.3, 0.4) is 0 Å². The quantitative estimate of drug-likeness (QED) is 0.545. The topological polar surface area (TPSA) is 124 Å². The monoisotopic (exact) mass is 320 g/mol. The summed E-state index contributed by atoms with van der Waals surface area (Å²) in [6, 6.07) is 0. The summed E-state index contributed by atoms with van der Waals surface area (Å²) in [6.45, 7) is 1.40. The Bertz CT molecular complexity index is 773. The largest absolute Gasteiger partial charge is 0.507 e. The van der Waals surface area contributed by atoms with E-state index in [9.17, 15) is 30.0 Å². The second-order valence-electron chi connectivity index (χ2n) is 6.06. The lowest BCUT2D eigenvalue weighted by Crippen LogP contribution is -2.46. The van der Waals surface area contributed by atoms with E-state index < -0.39 is 34.8 Å². The van der Waals surface area contributed by atoms with Crippen LogP contribution in [-0.4, -0.2) is 50.8 Å². The maximum atomic E-state index is 12.3. The van der Waals surface area contributed by atoms with Crippen LogP contribution in [0.25, 0.3) is 0 Å². The molecule has 0 bridgehead atoms. The number of aliphatic hydroxyl groups is 2. The van der Waals surface area contributed by atoms with E-state index in [1.54, 1.807) is 0 Å². The number of Topliss-reactive ketones (excluding diaryl/α,β-unsaturated/α-hetero) is 1. The van der Waals surface area contributed by atoms with E-state index in [2.05, 4.69) is 0 Å².